The van der Waals surface area contributed by atoms with Crippen molar-refractivity contribution < 1.29 is 4.74 Å². The molecule has 0 saturated heterocycles. The molecule has 1 rings (SSSR count). The van der Waals surface area contributed by atoms with Crippen LogP contribution in [0.1, 0.15) is 12.6 Å². The van der Waals surface area contributed by atoms with Crippen molar-refractivity contribution in [1.82, 2.24) is 9.97 Å². The number of methoxy groups -OCH3 is 1. The van der Waals surface area contributed by atoms with Gasteiger partial charge < -0.3 is 15.4 Å². The van der Waals surface area contributed by atoms with Crippen LogP contribution in [0.4, 0.5) is 5.82 Å². The SMILES string of the molecule is COCC(C)N(C)c1cnc(C(=N)N)cn1. The molecule has 1 unspecified atom stereocenters. The number of hydrogen-bond donors (Lipinski definition) is 2. The monoisotopic (exact) mass is 223 g/mol. The summed E-state index contributed by atoms with van der Waals surface area (Å²) < 4.78 is 5.06. The molecule has 0 radical (unpaired) electrons. The zero-order valence-corrected chi connectivity index (χ0v) is 9.77. The van der Waals surface area contributed by atoms with Gasteiger partial charge in [-0.1, -0.05) is 0 Å². The Morgan fingerprint density at radius 2 is 2.25 bits per heavy atom. The summed E-state index contributed by atoms with van der Waals surface area (Å²) in [5.74, 6) is 0.654. The fraction of sp³-hybridized carbons (Fsp3) is 0.500. The molecule has 1 atom stereocenters. The number of nitrogens with one attached hydrogen (secondary N) is 1. The average molecular weight is 223 g/mol. The van der Waals surface area contributed by atoms with Crippen LogP contribution in [0.5, 0.6) is 0 Å². The van der Waals surface area contributed by atoms with Crippen molar-refractivity contribution in [2.45, 2.75) is 13.0 Å². The first-order valence-electron chi connectivity index (χ1n) is 4.94. The van der Waals surface area contributed by atoms with Gasteiger partial charge in [-0.2, -0.15) is 0 Å². The smallest absolute Gasteiger partial charge is 0.147 e. The van der Waals surface area contributed by atoms with Crippen molar-refractivity contribution in [2.24, 2.45) is 5.73 Å². The van der Waals surface area contributed by atoms with Crippen molar-refractivity contribution in [2.75, 3.05) is 25.7 Å². The Balaban J connectivity index is 2.77. The summed E-state index contributed by atoms with van der Waals surface area (Å²) in [6, 6.07) is 0.211. The zero-order chi connectivity index (χ0) is 12.1. The van der Waals surface area contributed by atoms with Crippen LogP contribution >= 0.6 is 0 Å². The highest BCUT2D eigenvalue weighted by molar-refractivity contribution is 5.92. The van der Waals surface area contributed by atoms with Crippen LogP contribution in [-0.2, 0) is 4.74 Å². The Morgan fingerprint density at radius 1 is 1.56 bits per heavy atom. The molecule has 0 saturated carbocycles. The molecule has 16 heavy (non-hydrogen) atoms. The first-order chi connectivity index (χ1) is 7.56. The number of nitrogens with zero attached hydrogens (tertiary/aromatic N) is 3. The molecule has 6 nitrogen and oxygen atoms in total. The van der Waals surface area contributed by atoms with Gasteiger partial charge in [-0.3, -0.25) is 5.41 Å². The van der Waals surface area contributed by atoms with Crippen LogP contribution in [0.2, 0.25) is 0 Å². The Hall–Kier alpha value is -1.69. The normalized spacial score (nSPS) is 12.2. The molecule has 88 valence electrons. The van der Waals surface area contributed by atoms with Crippen molar-refractivity contribution in [3.8, 4) is 0 Å². The van der Waals surface area contributed by atoms with Gasteiger partial charge in [-0.15, -0.1) is 0 Å². The highest BCUT2D eigenvalue weighted by Crippen LogP contribution is 2.10. The number of ether oxygens (including phenoxy) is 1. The van der Waals surface area contributed by atoms with Gasteiger partial charge >= 0.3 is 0 Å². The molecule has 1 aromatic heterocycles. The Kier molecular flexibility index (Phi) is 4.19. The summed E-state index contributed by atoms with van der Waals surface area (Å²) in [6.45, 7) is 2.65. The van der Waals surface area contributed by atoms with E-state index in [1.54, 1.807) is 13.3 Å². The number of nitrogen functional groups attached to an aromatic ring is 1. The van der Waals surface area contributed by atoms with Gasteiger partial charge in [-0.25, -0.2) is 9.97 Å². The Labute approximate surface area is 95.0 Å². The van der Waals surface area contributed by atoms with E-state index in [0.717, 1.165) is 5.82 Å². The van der Waals surface area contributed by atoms with Gasteiger partial charge in [0.2, 0.25) is 0 Å². The van der Waals surface area contributed by atoms with E-state index in [2.05, 4.69) is 9.97 Å². The number of hydrogen-bond acceptors (Lipinski definition) is 5. The summed E-state index contributed by atoms with van der Waals surface area (Å²) in [5, 5.41) is 7.21. The topological polar surface area (TPSA) is 88.1 Å². The maximum atomic E-state index is 7.21. The van der Waals surface area contributed by atoms with E-state index < -0.39 is 0 Å². The van der Waals surface area contributed by atoms with Gasteiger partial charge in [0.15, 0.2) is 0 Å². The maximum absolute atomic E-state index is 7.21. The number of amidine groups is 1. The Morgan fingerprint density at radius 3 is 2.69 bits per heavy atom. The quantitative estimate of drug-likeness (QED) is 0.551. The minimum Gasteiger partial charge on any atom is -0.383 e. The van der Waals surface area contributed by atoms with Crippen LogP contribution < -0.4 is 10.6 Å². The van der Waals surface area contributed by atoms with Crippen LogP contribution in [0.15, 0.2) is 12.4 Å². The highest BCUT2D eigenvalue weighted by Gasteiger charge is 2.11. The number of nitrogens with two attached hydrogens (primary N) is 1. The fourth-order valence-electron chi connectivity index (χ4n) is 1.22. The molecule has 6 heteroatoms. The molecule has 1 heterocycles. The van der Waals surface area contributed by atoms with Gasteiger partial charge in [-0.05, 0) is 6.92 Å². The fourth-order valence-corrected chi connectivity index (χ4v) is 1.22. The summed E-state index contributed by atoms with van der Waals surface area (Å²) in [7, 11) is 3.58. The van der Waals surface area contributed by atoms with Crippen LogP contribution in [-0.4, -0.2) is 42.6 Å². The summed E-state index contributed by atoms with van der Waals surface area (Å²) in [4.78, 5) is 10.2. The van der Waals surface area contributed by atoms with Gasteiger partial charge in [0.1, 0.15) is 17.3 Å². The average Bonchev–Trinajstić information content (AvgIpc) is 2.28. The molecule has 0 aromatic carbocycles. The third-order valence-electron chi connectivity index (χ3n) is 2.34. The summed E-state index contributed by atoms with van der Waals surface area (Å²) >= 11 is 0. The zero-order valence-electron chi connectivity index (χ0n) is 9.77. The lowest BCUT2D eigenvalue weighted by atomic mass is 10.3. The molecule has 0 aliphatic heterocycles. The predicted molar refractivity (Wildman–Crippen MR) is 62.8 cm³/mol. The third kappa shape index (κ3) is 2.90. The molecular formula is C10H17N5O. The van der Waals surface area contributed by atoms with E-state index in [4.69, 9.17) is 15.9 Å². The van der Waals surface area contributed by atoms with Crippen molar-refractivity contribution >= 4 is 11.7 Å². The lowest BCUT2D eigenvalue weighted by Gasteiger charge is -2.24. The highest BCUT2D eigenvalue weighted by atomic mass is 16.5. The lowest BCUT2D eigenvalue weighted by Crippen LogP contribution is -2.33. The summed E-state index contributed by atoms with van der Waals surface area (Å²) in [6.07, 6.45) is 3.09. The molecule has 0 aliphatic carbocycles. The minimum atomic E-state index is -0.0772. The van der Waals surface area contributed by atoms with Crippen molar-refractivity contribution in [3.05, 3.63) is 18.1 Å². The second kappa shape index (κ2) is 5.41. The van der Waals surface area contributed by atoms with E-state index in [-0.39, 0.29) is 11.9 Å². The molecular weight excluding hydrogens is 206 g/mol. The molecule has 0 fully saturated rings. The van der Waals surface area contributed by atoms with Crippen LogP contribution in [0.3, 0.4) is 0 Å². The molecule has 3 N–H and O–H groups in total. The first kappa shape index (κ1) is 12.4. The van der Waals surface area contributed by atoms with Crippen LogP contribution in [0.25, 0.3) is 0 Å². The number of rotatable bonds is 5. The van der Waals surface area contributed by atoms with E-state index in [1.165, 1.54) is 6.20 Å². The second-order valence-electron chi connectivity index (χ2n) is 3.59. The largest absolute Gasteiger partial charge is 0.383 e. The summed E-state index contributed by atoms with van der Waals surface area (Å²) in [5.41, 5.74) is 5.68. The van der Waals surface area contributed by atoms with E-state index in [9.17, 15) is 0 Å². The van der Waals surface area contributed by atoms with E-state index >= 15 is 0 Å². The van der Waals surface area contributed by atoms with E-state index in [0.29, 0.717) is 12.3 Å². The maximum Gasteiger partial charge on any atom is 0.147 e. The molecule has 0 aliphatic rings. The van der Waals surface area contributed by atoms with Gasteiger partial charge in [0, 0.05) is 14.2 Å². The lowest BCUT2D eigenvalue weighted by molar-refractivity contribution is 0.183. The minimum absolute atomic E-state index is 0.0772. The number of aromatic nitrogens is 2. The third-order valence-corrected chi connectivity index (χ3v) is 2.34. The van der Waals surface area contributed by atoms with Crippen molar-refractivity contribution in [3.63, 3.8) is 0 Å². The molecule has 0 spiro atoms. The van der Waals surface area contributed by atoms with Crippen molar-refractivity contribution in [1.29, 1.82) is 5.41 Å². The standard InChI is InChI=1S/C10H17N5O/c1-7(6-16-3)15(2)9-5-13-8(4-14-9)10(11)12/h4-5,7H,6H2,1-3H3,(H3,11,12). The van der Waals surface area contributed by atoms with Crippen LogP contribution in [0, 0.1) is 5.41 Å². The Bertz CT molecular complexity index is 351. The first-order valence-corrected chi connectivity index (χ1v) is 4.94. The predicted octanol–water partition coefficient (Wildman–Crippen LogP) is 0.232. The molecule has 0 bridgehead atoms. The van der Waals surface area contributed by atoms with E-state index in [1.807, 2.05) is 18.9 Å². The second-order valence-corrected chi connectivity index (χ2v) is 3.59. The molecule has 1 aromatic rings. The molecule has 0 amide bonds. The number of likely N-dealkylation sites (N-methyl/N-ethyl adjacent to an activating group) is 1. The van der Waals surface area contributed by atoms with Gasteiger partial charge in [0.05, 0.1) is 25.0 Å². The van der Waals surface area contributed by atoms with Gasteiger partial charge in [0.25, 0.3) is 0 Å². The number of anilines is 1.